The highest BCUT2D eigenvalue weighted by Crippen LogP contribution is 2.16. The molecule has 0 N–H and O–H groups in total. The molecule has 0 spiro atoms. The average molecular weight is 180 g/mol. The van der Waals surface area contributed by atoms with E-state index in [1.165, 1.54) is 11.1 Å². The molecule has 1 heteroatoms. The Hall–Kier alpha value is -0.850. The van der Waals surface area contributed by atoms with Crippen LogP contribution in [-0.2, 0) is 4.79 Å². The predicted molar refractivity (Wildman–Crippen MR) is 57.7 cm³/mol. The molecule has 0 aromatic heterocycles. The van der Waals surface area contributed by atoms with Gasteiger partial charge in [0.1, 0.15) is 6.29 Å². The minimum Gasteiger partial charge on any atom is -0.299 e. The third-order valence-corrected chi connectivity index (χ3v) is 2.26. The van der Waals surface area contributed by atoms with E-state index in [2.05, 4.69) is 26.8 Å². The lowest BCUT2D eigenvalue weighted by Crippen LogP contribution is -1.95. The summed E-state index contributed by atoms with van der Waals surface area (Å²) >= 11 is 0. The SMILES string of the molecule is CC(C)=CCC[C@H](C)/C(C)=C/C=O. The predicted octanol–water partition coefficient (Wildman–Crippen LogP) is 3.51. The van der Waals surface area contributed by atoms with Gasteiger partial charge in [-0.15, -0.1) is 0 Å². The number of carbonyl (C=O) groups is 1. The summed E-state index contributed by atoms with van der Waals surface area (Å²) in [5, 5.41) is 0. The van der Waals surface area contributed by atoms with Crippen LogP contribution in [0, 0.1) is 5.92 Å². The van der Waals surface area contributed by atoms with E-state index in [0.717, 1.165) is 19.1 Å². The van der Waals surface area contributed by atoms with Crippen LogP contribution in [0.25, 0.3) is 0 Å². The number of carbonyl (C=O) groups excluding carboxylic acids is 1. The Kier molecular flexibility index (Phi) is 6.21. The highest BCUT2D eigenvalue weighted by atomic mass is 16.1. The molecular weight excluding hydrogens is 160 g/mol. The van der Waals surface area contributed by atoms with Crippen molar-refractivity contribution in [3.63, 3.8) is 0 Å². The monoisotopic (exact) mass is 180 g/mol. The summed E-state index contributed by atoms with van der Waals surface area (Å²) < 4.78 is 0. The summed E-state index contributed by atoms with van der Waals surface area (Å²) in [7, 11) is 0. The van der Waals surface area contributed by atoms with Gasteiger partial charge in [0.05, 0.1) is 0 Å². The van der Waals surface area contributed by atoms with Crippen LogP contribution in [0.4, 0.5) is 0 Å². The van der Waals surface area contributed by atoms with Gasteiger partial charge < -0.3 is 0 Å². The Morgan fingerprint density at radius 3 is 2.38 bits per heavy atom. The van der Waals surface area contributed by atoms with Crippen molar-refractivity contribution in [2.24, 2.45) is 5.92 Å². The van der Waals surface area contributed by atoms with E-state index in [-0.39, 0.29) is 0 Å². The lowest BCUT2D eigenvalue weighted by atomic mass is 9.97. The van der Waals surface area contributed by atoms with Crippen LogP contribution >= 0.6 is 0 Å². The van der Waals surface area contributed by atoms with Crippen LogP contribution in [0.15, 0.2) is 23.3 Å². The van der Waals surface area contributed by atoms with Crippen LogP contribution in [-0.4, -0.2) is 6.29 Å². The van der Waals surface area contributed by atoms with E-state index in [1.54, 1.807) is 6.08 Å². The molecule has 0 amide bonds. The zero-order valence-corrected chi connectivity index (χ0v) is 9.13. The van der Waals surface area contributed by atoms with Gasteiger partial charge in [-0.3, -0.25) is 4.79 Å². The van der Waals surface area contributed by atoms with E-state index in [1.807, 2.05) is 6.92 Å². The molecule has 0 unspecified atom stereocenters. The maximum Gasteiger partial charge on any atom is 0.142 e. The van der Waals surface area contributed by atoms with Crippen molar-refractivity contribution in [3.05, 3.63) is 23.3 Å². The molecule has 0 saturated carbocycles. The van der Waals surface area contributed by atoms with Gasteiger partial charge in [0.25, 0.3) is 0 Å². The summed E-state index contributed by atoms with van der Waals surface area (Å²) in [6, 6.07) is 0. The van der Waals surface area contributed by atoms with E-state index >= 15 is 0 Å². The number of hydrogen-bond donors (Lipinski definition) is 0. The fourth-order valence-electron chi connectivity index (χ4n) is 1.12. The summed E-state index contributed by atoms with van der Waals surface area (Å²) in [4.78, 5) is 10.2. The second-order valence-electron chi connectivity index (χ2n) is 3.81. The Morgan fingerprint density at radius 1 is 1.31 bits per heavy atom. The van der Waals surface area contributed by atoms with E-state index in [9.17, 15) is 4.79 Å². The molecule has 0 saturated heterocycles. The number of aldehydes is 1. The first-order valence-electron chi connectivity index (χ1n) is 4.83. The molecular formula is C12H20O. The summed E-state index contributed by atoms with van der Waals surface area (Å²) in [5.74, 6) is 0.515. The van der Waals surface area contributed by atoms with E-state index in [4.69, 9.17) is 0 Å². The van der Waals surface area contributed by atoms with Gasteiger partial charge in [-0.2, -0.15) is 0 Å². The smallest absolute Gasteiger partial charge is 0.142 e. The van der Waals surface area contributed by atoms with Crippen molar-refractivity contribution in [2.75, 3.05) is 0 Å². The molecule has 0 radical (unpaired) electrons. The van der Waals surface area contributed by atoms with Gasteiger partial charge in [0, 0.05) is 0 Å². The van der Waals surface area contributed by atoms with Crippen molar-refractivity contribution in [1.29, 1.82) is 0 Å². The quantitative estimate of drug-likeness (QED) is 0.359. The maximum absolute atomic E-state index is 10.2. The summed E-state index contributed by atoms with van der Waals surface area (Å²) in [6.45, 7) is 8.40. The fraction of sp³-hybridized carbons (Fsp3) is 0.583. The molecule has 1 atom stereocenters. The van der Waals surface area contributed by atoms with E-state index < -0.39 is 0 Å². The number of rotatable bonds is 5. The van der Waals surface area contributed by atoms with E-state index in [0.29, 0.717) is 5.92 Å². The molecule has 13 heavy (non-hydrogen) atoms. The van der Waals surface area contributed by atoms with Gasteiger partial charge in [-0.25, -0.2) is 0 Å². The number of allylic oxidation sites excluding steroid dienone is 4. The summed E-state index contributed by atoms with van der Waals surface area (Å²) in [6.07, 6.45) is 7.00. The zero-order chi connectivity index (χ0) is 10.3. The number of hydrogen-bond acceptors (Lipinski definition) is 1. The van der Waals surface area contributed by atoms with Crippen molar-refractivity contribution < 1.29 is 4.79 Å². The lowest BCUT2D eigenvalue weighted by molar-refractivity contribution is -0.104. The maximum atomic E-state index is 10.2. The van der Waals surface area contributed by atoms with Gasteiger partial charge in [-0.1, -0.05) is 24.1 Å². The van der Waals surface area contributed by atoms with Crippen molar-refractivity contribution in [3.8, 4) is 0 Å². The van der Waals surface area contributed by atoms with Crippen LogP contribution in [0.5, 0.6) is 0 Å². The first-order valence-corrected chi connectivity index (χ1v) is 4.83. The topological polar surface area (TPSA) is 17.1 Å². The van der Waals surface area contributed by atoms with Crippen LogP contribution in [0.1, 0.15) is 40.5 Å². The van der Waals surface area contributed by atoms with Gasteiger partial charge in [0.15, 0.2) is 0 Å². The minimum absolute atomic E-state index is 0.515. The van der Waals surface area contributed by atoms with Gasteiger partial charge in [0.2, 0.25) is 0 Å². The van der Waals surface area contributed by atoms with Gasteiger partial charge >= 0.3 is 0 Å². The minimum atomic E-state index is 0.515. The van der Waals surface area contributed by atoms with Gasteiger partial charge in [-0.05, 0) is 45.6 Å². The standard InChI is InChI=1S/C12H20O/c1-10(2)6-5-7-11(3)12(4)8-9-13/h6,8-9,11H,5,7H2,1-4H3/b12-8+/t11-/m0/s1. The third-order valence-electron chi connectivity index (χ3n) is 2.26. The molecule has 0 aliphatic rings. The first kappa shape index (κ1) is 12.2. The molecule has 0 aromatic rings. The molecule has 0 aliphatic carbocycles. The Bertz CT molecular complexity index is 207. The largest absolute Gasteiger partial charge is 0.299 e. The Balaban J connectivity index is 3.87. The Labute approximate surface area is 81.5 Å². The average Bonchev–Trinajstić information content (AvgIpc) is 2.04. The highest BCUT2D eigenvalue weighted by Gasteiger charge is 2.01. The van der Waals surface area contributed by atoms with Crippen molar-refractivity contribution >= 4 is 6.29 Å². The zero-order valence-electron chi connectivity index (χ0n) is 9.13. The second-order valence-corrected chi connectivity index (χ2v) is 3.81. The second kappa shape index (κ2) is 6.64. The highest BCUT2D eigenvalue weighted by molar-refractivity contribution is 5.66. The first-order chi connectivity index (χ1) is 6.07. The molecule has 0 heterocycles. The van der Waals surface area contributed by atoms with Crippen molar-refractivity contribution in [1.82, 2.24) is 0 Å². The molecule has 0 bridgehead atoms. The Morgan fingerprint density at radius 2 is 1.92 bits per heavy atom. The molecule has 74 valence electrons. The third kappa shape index (κ3) is 6.32. The fourth-order valence-corrected chi connectivity index (χ4v) is 1.12. The van der Waals surface area contributed by atoms with Crippen LogP contribution in [0.3, 0.4) is 0 Å². The molecule has 1 nitrogen and oxygen atoms in total. The normalized spacial score (nSPS) is 13.7. The van der Waals surface area contributed by atoms with Crippen molar-refractivity contribution in [2.45, 2.75) is 40.5 Å². The molecule has 0 aliphatic heterocycles. The molecule has 0 aromatic carbocycles. The summed E-state index contributed by atoms with van der Waals surface area (Å²) in [5.41, 5.74) is 2.54. The molecule has 0 rings (SSSR count). The molecule has 0 fully saturated rings. The van der Waals surface area contributed by atoms with Crippen LogP contribution < -0.4 is 0 Å². The van der Waals surface area contributed by atoms with Crippen LogP contribution in [0.2, 0.25) is 0 Å². The lowest BCUT2D eigenvalue weighted by Gasteiger charge is -2.09.